The Balaban J connectivity index is 2.19. The molecule has 0 saturated carbocycles. The van der Waals surface area contributed by atoms with Crippen LogP contribution < -0.4 is 4.74 Å². The van der Waals surface area contributed by atoms with Crippen molar-refractivity contribution in [2.45, 2.75) is 33.3 Å². The predicted molar refractivity (Wildman–Crippen MR) is 82.7 cm³/mol. The largest absolute Gasteiger partial charge is 0.488 e. The van der Waals surface area contributed by atoms with E-state index in [0.717, 1.165) is 28.0 Å². The molecule has 0 aliphatic heterocycles. The number of carboxylic acid groups (broad SMARTS) is 1. The quantitative estimate of drug-likeness (QED) is 0.900. The fraction of sp³-hybridized carbons (Fsp3) is 0.278. The van der Waals surface area contributed by atoms with Gasteiger partial charge in [0.1, 0.15) is 12.4 Å². The van der Waals surface area contributed by atoms with Crippen LogP contribution in [0.25, 0.3) is 0 Å². The molecule has 2 rings (SSSR count). The second kappa shape index (κ2) is 6.44. The normalized spacial score (nSPS) is 12.0. The maximum Gasteiger partial charge on any atom is 0.310 e. The standard InChI is InChI=1S/C18H20O3/c1-12-9-16(14(3)18(19)20)10-13(2)17(12)21-11-15-7-5-4-6-8-15/h4-10,14H,11H2,1-3H3,(H,19,20). The summed E-state index contributed by atoms with van der Waals surface area (Å²) in [4.78, 5) is 11.1. The predicted octanol–water partition coefficient (Wildman–Crippen LogP) is 4.07. The van der Waals surface area contributed by atoms with Gasteiger partial charge in [0.2, 0.25) is 0 Å². The maximum absolute atomic E-state index is 11.1. The molecule has 1 atom stereocenters. The highest BCUT2D eigenvalue weighted by Gasteiger charge is 2.16. The lowest BCUT2D eigenvalue weighted by Gasteiger charge is -2.16. The van der Waals surface area contributed by atoms with E-state index in [2.05, 4.69) is 0 Å². The van der Waals surface area contributed by atoms with Crippen LogP contribution in [0.4, 0.5) is 0 Å². The summed E-state index contributed by atoms with van der Waals surface area (Å²) in [6.45, 7) is 6.11. The van der Waals surface area contributed by atoms with Crippen molar-refractivity contribution in [3.8, 4) is 5.75 Å². The highest BCUT2D eigenvalue weighted by Crippen LogP contribution is 2.29. The summed E-state index contributed by atoms with van der Waals surface area (Å²) in [7, 11) is 0. The van der Waals surface area contributed by atoms with Gasteiger partial charge in [-0.1, -0.05) is 42.5 Å². The molecule has 0 aliphatic carbocycles. The van der Waals surface area contributed by atoms with Crippen molar-refractivity contribution >= 4 is 5.97 Å². The smallest absolute Gasteiger partial charge is 0.310 e. The van der Waals surface area contributed by atoms with E-state index in [1.807, 2.05) is 56.3 Å². The third kappa shape index (κ3) is 3.63. The average molecular weight is 284 g/mol. The Labute approximate surface area is 125 Å². The molecule has 3 heteroatoms. The minimum atomic E-state index is -0.813. The summed E-state index contributed by atoms with van der Waals surface area (Å²) in [5.74, 6) is -0.488. The average Bonchev–Trinajstić information content (AvgIpc) is 2.46. The van der Waals surface area contributed by atoms with Crippen LogP contribution in [0.5, 0.6) is 5.75 Å². The molecule has 0 heterocycles. The van der Waals surface area contributed by atoms with E-state index in [1.165, 1.54) is 0 Å². The van der Waals surface area contributed by atoms with E-state index < -0.39 is 11.9 Å². The molecule has 0 fully saturated rings. The van der Waals surface area contributed by atoms with Crippen LogP contribution in [0.1, 0.15) is 35.1 Å². The van der Waals surface area contributed by atoms with Gasteiger partial charge in [0.15, 0.2) is 0 Å². The molecule has 0 aliphatic rings. The van der Waals surface area contributed by atoms with Gasteiger partial charge in [-0.2, -0.15) is 0 Å². The molecule has 21 heavy (non-hydrogen) atoms. The molecule has 110 valence electrons. The fourth-order valence-corrected chi connectivity index (χ4v) is 2.33. The molecule has 0 radical (unpaired) electrons. The van der Waals surface area contributed by atoms with Crippen molar-refractivity contribution in [3.63, 3.8) is 0 Å². The number of carboxylic acids is 1. The minimum Gasteiger partial charge on any atom is -0.488 e. The summed E-state index contributed by atoms with van der Waals surface area (Å²) in [6, 6.07) is 13.8. The van der Waals surface area contributed by atoms with Gasteiger partial charge in [0, 0.05) is 0 Å². The Hall–Kier alpha value is -2.29. The molecule has 1 unspecified atom stereocenters. The summed E-state index contributed by atoms with van der Waals surface area (Å²) < 4.78 is 5.90. The summed E-state index contributed by atoms with van der Waals surface area (Å²) >= 11 is 0. The lowest BCUT2D eigenvalue weighted by atomic mass is 9.96. The SMILES string of the molecule is Cc1cc(C(C)C(=O)O)cc(C)c1OCc1ccccc1. The third-order valence-corrected chi connectivity index (χ3v) is 3.58. The van der Waals surface area contributed by atoms with E-state index in [1.54, 1.807) is 6.92 Å². The van der Waals surface area contributed by atoms with Crippen molar-refractivity contribution in [2.75, 3.05) is 0 Å². The molecule has 2 aromatic carbocycles. The van der Waals surface area contributed by atoms with Crippen LogP contribution in [0.2, 0.25) is 0 Å². The molecule has 3 nitrogen and oxygen atoms in total. The van der Waals surface area contributed by atoms with E-state index in [0.29, 0.717) is 6.61 Å². The number of hydrogen-bond donors (Lipinski definition) is 1. The van der Waals surface area contributed by atoms with E-state index >= 15 is 0 Å². The van der Waals surface area contributed by atoms with Crippen LogP contribution in [0.3, 0.4) is 0 Å². The topological polar surface area (TPSA) is 46.5 Å². The van der Waals surface area contributed by atoms with Crippen molar-refractivity contribution in [2.24, 2.45) is 0 Å². The third-order valence-electron chi connectivity index (χ3n) is 3.58. The maximum atomic E-state index is 11.1. The van der Waals surface area contributed by atoms with Gasteiger partial charge in [0.05, 0.1) is 5.92 Å². The first-order valence-electron chi connectivity index (χ1n) is 6.99. The van der Waals surface area contributed by atoms with Crippen LogP contribution in [-0.4, -0.2) is 11.1 Å². The first-order valence-corrected chi connectivity index (χ1v) is 6.99. The summed E-state index contributed by atoms with van der Waals surface area (Å²) in [5.41, 5.74) is 3.85. The zero-order chi connectivity index (χ0) is 15.4. The molecule has 0 aromatic heterocycles. The number of ether oxygens (including phenoxy) is 1. The Bertz CT molecular complexity index is 609. The highest BCUT2D eigenvalue weighted by atomic mass is 16.5. The van der Waals surface area contributed by atoms with E-state index in [9.17, 15) is 4.79 Å². The van der Waals surface area contributed by atoms with Crippen LogP contribution >= 0.6 is 0 Å². The van der Waals surface area contributed by atoms with Gasteiger partial charge in [-0.05, 0) is 43.0 Å². The number of hydrogen-bond acceptors (Lipinski definition) is 2. The molecule has 0 saturated heterocycles. The number of benzene rings is 2. The lowest BCUT2D eigenvalue weighted by molar-refractivity contribution is -0.138. The zero-order valence-electron chi connectivity index (χ0n) is 12.6. The molecule has 1 N–H and O–H groups in total. The lowest BCUT2D eigenvalue weighted by Crippen LogP contribution is -2.08. The summed E-state index contributed by atoms with van der Waals surface area (Å²) in [6.07, 6.45) is 0. The highest BCUT2D eigenvalue weighted by molar-refractivity contribution is 5.76. The van der Waals surface area contributed by atoms with E-state index in [4.69, 9.17) is 9.84 Å². The first-order chi connectivity index (χ1) is 9.99. The van der Waals surface area contributed by atoms with Crippen molar-refractivity contribution in [3.05, 3.63) is 64.7 Å². The van der Waals surface area contributed by atoms with Crippen molar-refractivity contribution < 1.29 is 14.6 Å². The monoisotopic (exact) mass is 284 g/mol. The van der Waals surface area contributed by atoms with Gasteiger partial charge in [-0.15, -0.1) is 0 Å². The molecular weight excluding hydrogens is 264 g/mol. The number of rotatable bonds is 5. The second-order valence-corrected chi connectivity index (χ2v) is 5.32. The summed E-state index contributed by atoms with van der Waals surface area (Å²) in [5, 5.41) is 9.11. The Kier molecular flexibility index (Phi) is 4.63. The zero-order valence-corrected chi connectivity index (χ0v) is 12.6. The Morgan fingerprint density at radius 3 is 2.24 bits per heavy atom. The van der Waals surface area contributed by atoms with Gasteiger partial charge in [-0.25, -0.2) is 0 Å². The van der Waals surface area contributed by atoms with Gasteiger partial charge in [-0.3, -0.25) is 4.79 Å². The van der Waals surface area contributed by atoms with Gasteiger partial charge in [0.25, 0.3) is 0 Å². The van der Waals surface area contributed by atoms with Crippen LogP contribution in [-0.2, 0) is 11.4 Å². The Morgan fingerprint density at radius 1 is 1.14 bits per heavy atom. The molecule has 2 aromatic rings. The first kappa shape index (κ1) is 15.1. The van der Waals surface area contributed by atoms with Crippen molar-refractivity contribution in [1.29, 1.82) is 0 Å². The van der Waals surface area contributed by atoms with Crippen LogP contribution in [0, 0.1) is 13.8 Å². The fourth-order valence-electron chi connectivity index (χ4n) is 2.33. The molecule has 0 spiro atoms. The molecular formula is C18H20O3. The molecule has 0 bridgehead atoms. The molecule has 0 amide bonds. The second-order valence-electron chi connectivity index (χ2n) is 5.32. The van der Waals surface area contributed by atoms with Crippen molar-refractivity contribution in [1.82, 2.24) is 0 Å². The van der Waals surface area contributed by atoms with Gasteiger partial charge >= 0.3 is 5.97 Å². The van der Waals surface area contributed by atoms with Gasteiger partial charge < -0.3 is 9.84 Å². The number of carbonyl (C=O) groups is 1. The Morgan fingerprint density at radius 2 is 1.71 bits per heavy atom. The van der Waals surface area contributed by atoms with E-state index in [-0.39, 0.29) is 0 Å². The minimum absolute atomic E-state index is 0.509. The number of aliphatic carboxylic acids is 1. The number of aryl methyl sites for hydroxylation is 2. The van der Waals surface area contributed by atoms with Crippen LogP contribution in [0.15, 0.2) is 42.5 Å².